The number of benzene rings is 1. The maximum absolute atomic E-state index is 12.9. The maximum atomic E-state index is 12.9. The van der Waals surface area contributed by atoms with Crippen LogP contribution in [-0.2, 0) is 21.7 Å². The predicted octanol–water partition coefficient (Wildman–Crippen LogP) is 5.55. The Hall–Kier alpha value is -2.32. The van der Waals surface area contributed by atoms with E-state index in [-0.39, 0.29) is 11.3 Å². The standard InChI is InChI=1S/C21H26N2O2S.C2H6O2S.C2H6/c1-12-9-14(21(2,3)4)11-16(18(12)25-5)23-20(24)17-10-13-7-6-8-15(22)19(13)26-17;1-5(2,3)4;1-2/h8-11H,6-7,22H2,1-5H3,(H,23,24);1-2H3;1-2H3. The number of methoxy groups -OCH3 is 1. The summed E-state index contributed by atoms with van der Waals surface area (Å²) in [6.07, 6.45) is 6.21. The number of thiophene rings is 1. The van der Waals surface area contributed by atoms with Crippen molar-refractivity contribution in [3.63, 3.8) is 0 Å². The van der Waals surface area contributed by atoms with Crippen LogP contribution in [0.1, 0.15) is 72.3 Å². The second kappa shape index (κ2) is 11.7. The van der Waals surface area contributed by atoms with Crippen molar-refractivity contribution in [2.45, 2.75) is 59.8 Å². The van der Waals surface area contributed by atoms with E-state index in [0.29, 0.717) is 16.3 Å². The second-order valence-electron chi connectivity index (χ2n) is 8.88. The van der Waals surface area contributed by atoms with Crippen molar-refractivity contribution < 1.29 is 17.9 Å². The number of allylic oxidation sites excluding steroid dienone is 1. The van der Waals surface area contributed by atoms with Gasteiger partial charge in [0.05, 0.1) is 22.6 Å². The first-order chi connectivity index (χ1) is 15.2. The van der Waals surface area contributed by atoms with Crippen LogP contribution in [-0.4, -0.2) is 33.9 Å². The molecule has 0 spiro atoms. The number of ether oxygens (including phenoxy) is 1. The number of amides is 1. The van der Waals surface area contributed by atoms with Gasteiger partial charge in [-0.15, -0.1) is 11.3 Å². The monoisotopic (exact) mass is 494 g/mol. The maximum Gasteiger partial charge on any atom is 0.265 e. The fourth-order valence-electron chi connectivity index (χ4n) is 3.20. The molecule has 1 amide bonds. The van der Waals surface area contributed by atoms with Gasteiger partial charge in [0, 0.05) is 18.2 Å². The third-order valence-corrected chi connectivity index (χ3v) is 5.89. The molecule has 0 saturated carbocycles. The van der Waals surface area contributed by atoms with Gasteiger partial charge in [0.25, 0.3) is 5.91 Å². The molecule has 184 valence electrons. The fourth-order valence-corrected chi connectivity index (χ4v) is 4.26. The molecule has 0 atom stereocenters. The summed E-state index contributed by atoms with van der Waals surface area (Å²) in [6.45, 7) is 12.5. The van der Waals surface area contributed by atoms with Crippen LogP contribution in [0, 0.1) is 6.92 Å². The topological polar surface area (TPSA) is 98.5 Å². The number of hydrogen-bond donors (Lipinski definition) is 2. The van der Waals surface area contributed by atoms with Crippen LogP contribution in [0.3, 0.4) is 0 Å². The Morgan fingerprint density at radius 3 is 2.21 bits per heavy atom. The lowest BCUT2D eigenvalue weighted by atomic mass is 9.85. The summed E-state index contributed by atoms with van der Waals surface area (Å²) >= 11 is 1.45. The van der Waals surface area contributed by atoms with Gasteiger partial charge in [-0.25, -0.2) is 8.42 Å². The van der Waals surface area contributed by atoms with Crippen LogP contribution < -0.4 is 15.8 Å². The molecule has 1 heterocycles. The average molecular weight is 495 g/mol. The minimum atomic E-state index is -2.67. The third-order valence-electron chi connectivity index (χ3n) is 4.67. The molecule has 0 unspecified atom stereocenters. The number of nitrogens with one attached hydrogen (secondary N) is 1. The summed E-state index contributed by atoms with van der Waals surface area (Å²) in [7, 11) is -1.04. The van der Waals surface area contributed by atoms with Crippen molar-refractivity contribution in [2.75, 3.05) is 24.9 Å². The van der Waals surface area contributed by atoms with E-state index >= 15 is 0 Å². The number of carbonyl (C=O) groups excluding carboxylic acids is 1. The first kappa shape index (κ1) is 28.7. The number of aryl methyl sites for hydroxylation is 2. The molecular formula is C25H38N2O4S2. The Kier molecular flexibility index (Phi) is 10.2. The lowest BCUT2D eigenvalue weighted by Crippen LogP contribution is -2.15. The van der Waals surface area contributed by atoms with E-state index in [9.17, 15) is 13.2 Å². The quantitative estimate of drug-likeness (QED) is 0.583. The molecular weight excluding hydrogens is 456 g/mol. The van der Waals surface area contributed by atoms with E-state index in [1.54, 1.807) is 7.11 Å². The van der Waals surface area contributed by atoms with Gasteiger partial charge in [0.15, 0.2) is 0 Å². The molecule has 2 aromatic rings. The van der Waals surface area contributed by atoms with Gasteiger partial charge in [-0.3, -0.25) is 4.79 Å². The Morgan fingerprint density at radius 1 is 1.15 bits per heavy atom. The highest BCUT2D eigenvalue weighted by molar-refractivity contribution is 7.89. The summed E-state index contributed by atoms with van der Waals surface area (Å²) in [6, 6.07) is 6.08. The summed E-state index contributed by atoms with van der Waals surface area (Å²) in [5, 5.41) is 3.04. The second-order valence-corrected chi connectivity index (χ2v) is 12.2. The number of carbonyl (C=O) groups is 1. The highest BCUT2D eigenvalue weighted by Crippen LogP contribution is 2.36. The number of sulfone groups is 1. The minimum absolute atomic E-state index is 0.0161. The van der Waals surface area contributed by atoms with E-state index in [4.69, 9.17) is 10.5 Å². The van der Waals surface area contributed by atoms with Gasteiger partial charge >= 0.3 is 0 Å². The zero-order valence-electron chi connectivity index (χ0n) is 21.3. The van der Waals surface area contributed by atoms with Gasteiger partial charge in [0.2, 0.25) is 0 Å². The SMILES string of the molecule is CC.COc1c(C)cc(C(C)(C)C)cc1NC(=O)c1cc2c(s1)C(N)=CCC2.CS(C)(=O)=O. The largest absolute Gasteiger partial charge is 0.494 e. The van der Waals surface area contributed by atoms with E-state index in [2.05, 4.69) is 32.2 Å². The number of nitrogens with two attached hydrogens (primary N) is 1. The van der Waals surface area contributed by atoms with Crippen molar-refractivity contribution in [3.05, 3.63) is 50.7 Å². The Bertz CT molecular complexity index is 1100. The van der Waals surface area contributed by atoms with Crippen molar-refractivity contribution in [2.24, 2.45) is 5.73 Å². The molecule has 1 aromatic heterocycles. The molecule has 0 radical (unpaired) electrons. The van der Waals surface area contributed by atoms with Crippen molar-refractivity contribution in [1.29, 1.82) is 0 Å². The lowest BCUT2D eigenvalue weighted by Gasteiger charge is -2.22. The molecule has 1 aromatic carbocycles. The van der Waals surface area contributed by atoms with Crippen molar-refractivity contribution >= 4 is 38.5 Å². The van der Waals surface area contributed by atoms with E-state index in [0.717, 1.165) is 52.6 Å². The molecule has 1 aliphatic carbocycles. The predicted molar refractivity (Wildman–Crippen MR) is 141 cm³/mol. The molecule has 3 rings (SSSR count). The lowest BCUT2D eigenvalue weighted by molar-refractivity contribution is 0.103. The van der Waals surface area contributed by atoms with E-state index in [1.165, 1.54) is 11.3 Å². The van der Waals surface area contributed by atoms with Crippen LogP contribution in [0.25, 0.3) is 5.70 Å². The number of fused-ring (bicyclic) bond motifs is 1. The van der Waals surface area contributed by atoms with E-state index in [1.807, 2.05) is 39.0 Å². The molecule has 6 nitrogen and oxygen atoms in total. The van der Waals surface area contributed by atoms with Crippen molar-refractivity contribution in [3.8, 4) is 5.75 Å². The zero-order chi connectivity index (χ0) is 25.6. The van der Waals surface area contributed by atoms with Gasteiger partial charge < -0.3 is 15.8 Å². The fraction of sp³-hybridized carbons (Fsp3) is 0.480. The molecule has 1 aliphatic rings. The average Bonchev–Trinajstić information content (AvgIpc) is 3.13. The van der Waals surface area contributed by atoms with Crippen LogP contribution in [0.5, 0.6) is 5.75 Å². The summed E-state index contributed by atoms with van der Waals surface area (Å²) in [4.78, 5) is 14.6. The van der Waals surface area contributed by atoms with Crippen LogP contribution >= 0.6 is 11.3 Å². The summed E-state index contributed by atoms with van der Waals surface area (Å²) < 4.78 is 24.8. The molecule has 0 bridgehead atoms. The Balaban J connectivity index is 0.000000689. The highest BCUT2D eigenvalue weighted by Gasteiger charge is 2.22. The number of rotatable bonds is 3. The summed E-state index contributed by atoms with van der Waals surface area (Å²) in [5.74, 6) is 0.577. The molecule has 0 aliphatic heterocycles. The molecule has 33 heavy (non-hydrogen) atoms. The van der Waals surface area contributed by atoms with Gasteiger partial charge in [0.1, 0.15) is 15.6 Å². The molecule has 0 saturated heterocycles. The van der Waals surface area contributed by atoms with E-state index < -0.39 is 9.84 Å². The van der Waals surface area contributed by atoms with Crippen molar-refractivity contribution in [1.82, 2.24) is 0 Å². The molecule has 8 heteroatoms. The van der Waals surface area contributed by atoms with Crippen LogP contribution in [0.4, 0.5) is 5.69 Å². The van der Waals surface area contributed by atoms with Gasteiger partial charge in [-0.05, 0) is 54.0 Å². The molecule has 0 fully saturated rings. The number of hydrogen-bond acceptors (Lipinski definition) is 6. The zero-order valence-corrected chi connectivity index (χ0v) is 22.9. The first-order valence-electron chi connectivity index (χ1n) is 10.9. The Morgan fingerprint density at radius 2 is 1.73 bits per heavy atom. The summed E-state index contributed by atoms with van der Waals surface area (Å²) in [5.41, 5.74) is 10.9. The highest BCUT2D eigenvalue weighted by atomic mass is 32.2. The van der Waals surface area contributed by atoms with Crippen LogP contribution in [0.2, 0.25) is 0 Å². The molecule has 3 N–H and O–H groups in total. The smallest absolute Gasteiger partial charge is 0.265 e. The van der Waals surface area contributed by atoms with Gasteiger partial charge in [-0.2, -0.15) is 0 Å². The van der Waals surface area contributed by atoms with Gasteiger partial charge in [-0.1, -0.05) is 46.8 Å². The third kappa shape index (κ3) is 8.51. The Labute approximate surface area is 203 Å². The first-order valence-corrected chi connectivity index (χ1v) is 14.1. The number of anilines is 1. The normalized spacial score (nSPS) is 12.8. The van der Waals surface area contributed by atoms with Crippen LogP contribution in [0.15, 0.2) is 24.3 Å². The minimum Gasteiger partial charge on any atom is -0.494 e.